The third kappa shape index (κ3) is 1.99. The van der Waals surface area contributed by atoms with Gasteiger partial charge in [0.05, 0.1) is 10.00 Å². The average molecular weight is 218 g/mol. The predicted molar refractivity (Wildman–Crippen MR) is 57.2 cm³/mol. The largest absolute Gasteiger partial charge is 0.481 e. The van der Waals surface area contributed by atoms with Crippen LogP contribution in [0.2, 0.25) is 0 Å². The second-order valence-electron chi connectivity index (χ2n) is 3.74. The predicted octanol–water partition coefficient (Wildman–Crippen LogP) is 2.44. The van der Waals surface area contributed by atoms with Crippen LogP contribution >= 0.6 is 23.5 Å². The maximum absolute atomic E-state index is 10.8. The molecular weight excluding hydrogens is 204 g/mol. The van der Waals surface area contributed by atoms with Crippen molar-refractivity contribution >= 4 is 29.5 Å². The number of aliphatic carboxylic acids is 1. The molecule has 0 radical (unpaired) electrons. The van der Waals surface area contributed by atoms with Crippen molar-refractivity contribution in [3.05, 3.63) is 0 Å². The van der Waals surface area contributed by atoms with Gasteiger partial charge in [0.1, 0.15) is 0 Å². The van der Waals surface area contributed by atoms with E-state index in [1.165, 1.54) is 17.9 Å². The molecule has 1 N–H and O–H groups in total. The van der Waals surface area contributed by atoms with Crippen LogP contribution in [0.1, 0.15) is 25.7 Å². The first-order valence-electron chi connectivity index (χ1n) is 4.73. The molecule has 2 nitrogen and oxygen atoms in total. The van der Waals surface area contributed by atoms with E-state index in [9.17, 15) is 4.79 Å². The van der Waals surface area contributed by atoms with E-state index in [2.05, 4.69) is 0 Å². The first-order valence-corrected chi connectivity index (χ1v) is 6.70. The van der Waals surface area contributed by atoms with Gasteiger partial charge < -0.3 is 5.11 Å². The number of carboxylic acid groups (broad SMARTS) is 1. The second-order valence-corrected chi connectivity index (χ2v) is 6.95. The number of hydrogen-bond acceptors (Lipinski definition) is 3. The summed E-state index contributed by atoms with van der Waals surface area (Å²) in [5.74, 6) is 1.78. The Balaban J connectivity index is 1.98. The molecule has 1 heterocycles. The van der Waals surface area contributed by atoms with E-state index in [-0.39, 0.29) is 10.00 Å². The highest BCUT2D eigenvalue weighted by Gasteiger charge is 2.43. The molecule has 1 saturated heterocycles. The van der Waals surface area contributed by atoms with Crippen LogP contribution in [0.3, 0.4) is 0 Å². The Bertz CT molecular complexity index is 212. The summed E-state index contributed by atoms with van der Waals surface area (Å²) in [6, 6.07) is 0. The summed E-state index contributed by atoms with van der Waals surface area (Å²) in [6.07, 6.45) is 4.15. The molecule has 2 aliphatic rings. The zero-order valence-corrected chi connectivity index (χ0v) is 9.12. The normalized spacial score (nSPS) is 32.2. The maximum atomic E-state index is 10.8. The Morgan fingerprint density at radius 3 is 2.62 bits per heavy atom. The minimum atomic E-state index is -0.594. The summed E-state index contributed by atoms with van der Waals surface area (Å²) in [6.45, 7) is 0. The van der Waals surface area contributed by atoms with Crippen molar-refractivity contribution in [1.82, 2.24) is 0 Å². The van der Waals surface area contributed by atoms with Crippen molar-refractivity contribution in [2.75, 3.05) is 11.5 Å². The van der Waals surface area contributed by atoms with Gasteiger partial charge in [0, 0.05) is 0 Å². The molecule has 74 valence electrons. The molecule has 0 amide bonds. The van der Waals surface area contributed by atoms with E-state index in [0.29, 0.717) is 0 Å². The lowest BCUT2D eigenvalue weighted by Gasteiger charge is -2.31. The molecule has 0 aromatic heterocycles. The van der Waals surface area contributed by atoms with Gasteiger partial charge in [-0.05, 0) is 37.2 Å². The van der Waals surface area contributed by atoms with E-state index in [4.69, 9.17) is 5.11 Å². The third-order valence-corrected chi connectivity index (χ3v) is 6.29. The van der Waals surface area contributed by atoms with Crippen LogP contribution in [0.4, 0.5) is 0 Å². The fourth-order valence-corrected chi connectivity index (χ4v) is 5.56. The topological polar surface area (TPSA) is 37.3 Å². The maximum Gasteiger partial charge on any atom is 0.306 e. The molecule has 0 unspecified atom stereocenters. The minimum Gasteiger partial charge on any atom is -0.481 e. The first kappa shape index (κ1) is 9.71. The molecule has 0 aromatic rings. The number of carboxylic acids is 1. The van der Waals surface area contributed by atoms with E-state index in [1.807, 2.05) is 23.5 Å². The number of hydrogen-bond donors (Lipinski definition) is 1. The quantitative estimate of drug-likeness (QED) is 0.733. The molecule has 1 atom stereocenters. The van der Waals surface area contributed by atoms with Crippen LogP contribution in [0, 0.1) is 5.92 Å². The number of carbonyl (C=O) groups is 1. The Labute approximate surface area is 86.8 Å². The lowest BCUT2D eigenvalue weighted by Crippen LogP contribution is -2.22. The van der Waals surface area contributed by atoms with E-state index < -0.39 is 5.97 Å². The Morgan fingerprint density at radius 1 is 1.38 bits per heavy atom. The minimum absolute atomic E-state index is 0.0712. The van der Waals surface area contributed by atoms with Gasteiger partial charge in [0.25, 0.3) is 0 Å². The van der Waals surface area contributed by atoms with Crippen LogP contribution in [-0.2, 0) is 4.79 Å². The molecule has 2 rings (SSSR count). The highest BCUT2D eigenvalue weighted by Crippen LogP contribution is 2.54. The summed E-state index contributed by atoms with van der Waals surface area (Å²) < 4.78 is 0.279. The van der Waals surface area contributed by atoms with Crippen LogP contribution in [0.15, 0.2) is 0 Å². The highest BCUT2D eigenvalue weighted by molar-refractivity contribution is 8.18. The highest BCUT2D eigenvalue weighted by atomic mass is 32.2. The van der Waals surface area contributed by atoms with Crippen LogP contribution in [0.25, 0.3) is 0 Å². The molecule has 2 fully saturated rings. The smallest absolute Gasteiger partial charge is 0.306 e. The van der Waals surface area contributed by atoms with Crippen LogP contribution in [0.5, 0.6) is 0 Å². The van der Waals surface area contributed by atoms with Crippen molar-refractivity contribution in [3.8, 4) is 0 Å². The van der Waals surface area contributed by atoms with Gasteiger partial charge in [-0.3, -0.25) is 4.79 Å². The number of rotatable bonds is 1. The Kier molecular flexibility index (Phi) is 2.79. The van der Waals surface area contributed by atoms with Gasteiger partial charge in [-0.1, -0.05) is 0 Å². The van der Waals surface area contributed by atoms with Crippen LogP contribution < -0.4 is 0 Å². The zero-order chi connectivity index (χ0) is 9.31. The fraction of sp³-hybridized carbons (Fsp3) is 0.889. The summed E-state index contributed by atoms with van der Waals surface area (Å²) in [4.78, 5) is 10.8. The van der Waals surface area contributed by atoms with Gasteiger partial charge in [-0.2, -0.15) is 0 Å². The molecule has 1 aliphatic heterocycles. The van der Waals surface area contributed by atoms with Crippen molar-refractivity contribution in [3.63, 3.8) is 0 Å². The Morgan fingerprint density at radius 2 is 2.08 bits per heavy atom. The summed E-state index contributed by atoms with van der Waals surface area (Å²) in [7, 11) is 0. The molecule has 1 aliphatic carbocycles. The van der Waals surface area contributed by atoms with Gasteiger partial charge in [0.15, 0.2) is 0 Å². The van der Waals surface area contributed by atoms with Gasteiger partial charge in [-0.25, -0.2) is 0 Å². The second kappa shape index (κ2) is 3.73. The lowest BCUT2D eigenvalue weighted by molar-refractivity contribution is -0.141. The first-order chi connectivity index (χ1) is 6.22. The van der Waals surface area contributed by atoms with Crippen molar-refractivity contribution in [2.45, 2.75) is 29.8 Å². The van der Waals surface area contributed by atoms with E-state index in [1.54, 1.807) is 0 Å². The standard InChI is InChI=1S/C9H14O2S2/c10-8(11)7-2-3-9(6-7)12-4-1-5-13-9/h7H,1-6H2,(H,10,11)/t7-/m0/s1. The van der Waals surface area contributed by atoms with Crippen molar-refractivity contribution in [2.24, 2.45) is 5.92 Å². The number of thioether (sulfide) groups is 2. The van der Waals surface area contributed by atoms with E-state index in [0.717, 1.165) is 19.3 Å². The van der Waals surface area contributed by atoms with Crippen molar-refractivity contribution in [1.29, 1.82) is 0 Å². The monoisotopic (exact) mass is 218 g/mol. The molecule has 1 spiro atoms. The molecular formula is C9H14O2S2. The van der Waals surface area contributed by atoms with Gasteiger partial charge in [-0.15, -0.1) is 23.5 Å². The fourth-order valence-electron chi connectivity index (χ4n) is 2.06. The SMILES string of the molecule is O=C(O)[C@H]1CCC2(C1)SCCCS2. The molecule has 0 aromatic carbocycles. The van der Waals surface area contributed by atoms with Crippen LogP contribution in [-0.4, -0.2) is 26.7 Å². The average Bonchev–Trinajstić information content (AvgIpc) is 2.51. The molecule has 0 bridgehead atoms. The third-order valence-electron chi connectivity index (χ3n) is 2.80. The summed E-state index contributed by atoms with van der Waals surface area (Å²) >= 11 is 3.99. The summed E-state index contributed by atoms with van der Waals surface area (Å²) in [5, 5.41) is 8.91. The molecule has 1 saturated carbocycles. The van der Waals surface area contributed by atoms with Crippen molar-refractivity contribution < 1.29 is 9.90 Å². The molecule has 4 heteroatoms. The lowest BCUT2D eigenvalue weighted by atomic mass is 10.1. The van der Waals surface area contributed by atoms with Gasteiger partial charge >= 0.3 is 5.97 Å². The zero-order valence-electron chi connectivity index (χ0n) is 7.49. The summed E-state index contributed by atoms with van der Waals surface area (Å²) in [5.41, 5.74) is 0. The van der Waals surface area contributed by atoms with Gasteiger partial charge in [0.2, 0.25) is 0 Å². The molecule has 13 heavy (non-hydrogen) atoms. The Hall–Kier alpha value is 0.170. The van der Waals surface area contributed by atoms with E-state index >= 15 is 0 Å².